The Balaban J connectivity index is 1.43. The fraction of sp³-hybridized carbons (Fsp3) is 0.179. The van der Waals surface area contributed by atoms with E-state index in [1.165, 1.54) is 22.4 Å². The summed E-state index contributed by atoms with van der Waals surface area (Å²) in [7, 11) is 0. The summed E-state index contributed by atoms with van der Waals surface area (Å²) in [5.41, 5.74) is 7.40. The van der Waals surface area contributed by atoms with Gasteiger partial charge in [-0.05, 0) is 56.2 Å². The van der Waals surface area contributed by atoms with E-state index in [1.54, 1.807) is 18.3 Å². The molecule has 0 atom stereocenters. The van der Waals surface area contributed by atoms with E-state index in [-0.39, 0.29) is 11.5 Å². The van der Waals surface area contributed by atoms with Crippen molar-refractivity contribution >= 4 is 40.6 Å². The molecule has 5 rings (SSSR count). The van der Waals surface area contributed by atoms with Crippen LogP contribution in [-0.4, -0.2) is 31.1 Å². The highest BCUT2D eigenvalue weighted by atomic mass is 32.2. The molecule has 186 valence electrons. The number of hydrogen-bond acceptors (Lipinski definition) is 6. The molecule has 2 aromatic carbocycles. The monoisotopic (exact) mass is 510 g/mol. The first-order valence-electron chi connectivity index (χ1n) is 11.9. The Kier molecular flexibility index (Phi) is 6.87. The zero-order valence-electron chi connectivity index (χ0n) is 20.8. The minimum atomic E-state index is -0.384. The molecule has 0 unspecified atom stereocenters. The molecule has 0 bridgehead atoms. The number of imidazole rings is 1. The van der Waals surface area contributed by atoms with Crippen LogP contribution in [0.1, 0.15) is 39.8 Å². The number of hydrogen-bond donors (Lipinski definition) is 1. The van der Waals surface area contributed by atoms with Crippen LogP contribution in [-0.2, 0) is 12.3 Å². The van der Waals surface area contributed by atoms with Gasteiger partial charge in [-0.15, -0.1) is 11.8 Å². The number of pyridine rings is 1. The third-order valence-electron chi connectivity index (χ3n) is 6.14. The molecule has 0 radical (unpaired) electrons. The number of benzene rings is 2. The van der Waals surface area contributed by atoms with E-state index < -0.39 is 0 Å². The lowest BCUT2D eigenvalue weighted by atomic mass is 10.2. The topological polar surface area (TPSA) is 93.7 Å². The number of rotatable bonds is 7. The van der Waals surface area contributed by atoms with Crippen LogP contribution in [0.15, 0.2) is 81.8 Å². The molecule has 0 aliphatic rings. The number of aromatic nitrogens is 4. The van der Waals surface area contributed by atoms with E-state index in [0.29, 0.717) is 27.6 Å². The van der Waals surface area contributed by atoms with Gasteiger partial charge in [0.05, 0.1) is 22.8 Å². The molecular weight excluding hydrogens is 484 g/mol. The van der Waals surface area contributed by atoms with Crippen LogP contribution in [0, 0.1) is 13.8 Å². The molecule has 1 N–H and O–H groups in total. The van der Waals surface area contributed by atoms with Crippen molar-refractivity contribution in [3.8, 4) is 0 Å². The molecule has 0 fully saturated rings. The zero-order chi connectivity index (χ0) is 25.9. The van der Waals surface area contributed by atoms with Gasteiger partial charge in [0.2, 0.25) is 0 Å². The standard InChI is InChI=1S/C28H26N6O2S/c1-4-33-19(3)30-23-15-21(12-13-24(23)33)26(35)32-29-16-22-27(37-17-20-10-6-5-7-11-20)31-25-18(2)9-8-14-34(25)28(22)36/h5-16H,4,17H2,1-3H3,(H,32,35). The molecule has 0 aliphatic heterocycles. The molecule has 1 amide bonds. The molecule has 0 spiro atoms. The molecule has 3 aromatic heterocycles. The number of carbonyl (C=O) groups is 1. The molecule has 9 heteroatoms. The summed E-state index contributed by atoms with van der Waals surface area (Å²) in [4.78, 5) is 35.5. The van der Waals surface area contributed by atoms with Crippen LogP contribution in [0.5, 0.6) is 0 Å². The molecule has 37 heavy (non-hydrogen) atoms. The van der Waals surface area contributed by atoms with Crippen molar-refractivity contribution in [1.29, 1.82) is 0 Å². The summed E-state index contributed by atoms with van der Waals surface area (Å²) in [6, 6.07) is 19.1. The summed E-state index contributed by atoms with van der Waals surface area (Å²) in [5.74, 6) is 1.16. The molecule has 0 aliphatic carbocycles. The van der Waals surface area contributed by atoms with Crippen molar-refractivity contribution in [2.45, 2.75) is 38.1 Å². The summed E-state index contributed by atoms with van der Waals surface area (Å²) in [5, 5.41) is 4.68. The highest BCUT2D eigenvalue weighted by Crippen LogP contribution is 2.23. The van der Waals surface area contributed by atoms with Gasteiger partial charge in [0.25, 0.3) is 11.5 Å². The van der Waals surface area contributed by atoms with Crippen molar-refractivity contribution in [2.75, 3.05) is 0 Å². The van der Waals surface area contributed by atoms with Gasteiger partial charge in [-0.25, -0.2) is 15.4 Å². The van der Waals surface area contributed by atoms with Gasteiger partial charge < -0.3 is 4.57 Å². The number of nitrogens with zero attached hydrogens (tertiary/aromatic N) is 5. The van der Waals surface area contributed by atoms with Gasteiger partial charge >= 0.3 is 0 Å². The lowest BCUT2D eigenvalue weighted by Gasteiger charge is -2.09. The molecule has 0 saturated heterocycles. The second-order valence-corrected chi connectivity index (χ2v) is 9.56. The maximum Gasteiger partial charge on any atom is 0.271 e. The van der Waals surface area contributed by atoms with E-state index >= 15 is 0 Å². The van der Waals surface area contributed by atoms with Gasteiger partial charge in [0.1, 0.15) is 16.5 Å². The van der Waals surface area contributed by atoms with Gasteiger partial charge in [-0.2, -0.15) is 5.10 Å². The zero-order valence-corrected chi connectivity index (χ0v) is 21.6. The van der Waals surface area contributed by atoms with Crippen molar-refractivity contribution in [1.82, 2.24) is 24.4 Å². The predicted molar refractivity (Wildman–Crippen MR) is 147 cm³/mol. The quantitative estimate of drug-likeness (QED) is 0.148. The first kappa shape index (κ1) is 24.5. The van der Waals surface area contributed by atoms with Crippen LogP contribution in [0.3, 0.4) is 0 Å². The highest BCUT2D eigenvalue weighted by Gasteiger charge is 2.14. The largest absolute Gasteiger partial charge is 0.329 e. The van der Waals surface area contributed by atoms with Crippen molar-refractivity contribution in [3.63, 3.8) is 0 Å². The average Bonchev–Trinajstić information content (AvgIpc) is 3.23. The van der Waals surface area contributed by atoms with Gasteiger partial charge in [0, 0.05) is 24.1 Å². The van der Waals surface area contributed by atoms with Crippen molar-refractivity contribution < 1.29 is 4.79 Å². The molecule has 8 nitrogen and oxygen atoms in total. The van der Waals surface area contributed by atoms with E-state index in [4.69, 9.17) is 4.98 Å². The van der Waals surface area contributed by atoms with E-state index in [9.17, 15) is 9.59 Å². The van der Waals surface area contributed by atoms with Crippen molar-refractivity contribution in [3.05, 3.63) is 105 Å². The normalized spacial score (nSPS) is 11.5. The first-order chi connectivity index (χ1) is 18.0. The third kappa shape index (κ3) is 4.90. The van der Waals surface area contributed by atoms with E-state index in [0.717, 1.165) is 34.5 Å². The maximum absolute atomic E-state index is 13.4. The number of amides is 1. The molecule has 5 aromatic rings. The number of aryl methyl sites for hydroxylation is 3. The fourth-order valence-electron chi connectivity index (χ4n) is 4.25. The number of fused-ring (bicyclic) bond motifs is 2. The molecule has 3 heterocycles. The third-order valence-corrected chi connectivity index (χ3v) is 7.21. The van der Waals surface area contributed by atoms with E-state index in [2.05, 4.69) is 27.0 Å². The average molecular weight is 511 g/mol. The SMILES string of the molecule is CCn1c(C)nc2cc(C(=O)NN=Cc3c(SCc4ccccc4)nc4c(C)cccn4c3=O)ccc21. The highest BCUT2D eigenvalue weighted by molar-refractivity contribution is 7.98. The van der Waals surface area contributed by atoms with Gasteiger partial charge in [0.15, 0.2) is 0 Å². The first-order valence-corrected chi connectivity index (χ1v) is 12.9. The van der Waals surface area contributed by atoms with E-state index in [1.807, 2.05) is 62.4 Å². The Morgan fingerprint density at radius 2 is 1.89 bits per heavy atom. The maximum atomic E-state index is 13.4. The smallest absolute Gasteiger partial charge is 0.271 e. The summed E-state index contributed by atoms with van der Waals surface area (Å²) >= 11 is 1.46. The van der Waals surface area contributed by atoms with Crippen LogP contribution in [0.2, 0.25) is 0 Å². The van der Waals surface area contributed by atoms with Crippen LogP contribution in [0.4, 0.5) is 0 Å². The summed E-state index contributed by atoms with van der Waals surface area (Å²) in [6.07, 6.45) is 3.07. The fourth-order valence-corrected chi connectivity index (χ4v) is 5.19. The number of thioether (sulfide) groups is 1. The van der Waals surface area contributed by atoms with Crippen LogP contribution < -0.4 is 11.0 Å². The summed E-state index contributed by atoms with van der Waals surface area (Å²) < 4.78 is 3.59. The number of nitrogens with one attached hydrogen (secondary N) is 1. The van der Waals surface area contributed by atoms with Crippen LogP contribution in [0.25, 0.3) is 16.7 Å². The Bertz CT molecular complexity index is 1710. The number of carbonyl (C=O) groups excluding carboxylic acids is 1. The lowest BCUT2D eigenvalue weighted by Crippen LogP contribution is -2.23. The molecular formula is C28H26N6O2S. The minimum absolute atomic E-state index is 0.246. The lowest BCUT2D eigenvalue weighted by molar-refractivity contribution is 0.0955. The predicted octanol–water partition coefficient (Wildman–Crippen LogP) is 4.74. The van der Waals surface area contributed by atoms with Gasteiger partial charge in [-0.1, -0.05) is 36.4 Å². The van der Waals surface area contributed by atoms with Crippen LogP contribution >= 0.6 is 11.8 Å². The second kappa shape index (κ2) is 10.4. The Morgan fingerprint density at radius 3 is 2.68 bits per heavy atom. The summed E-state index contributed by atoms with van der Waals surface area (Å²) in [6.45, 7) is 6.72. The number of hydrazone groups is 1. The second-order valence-electron chi connectivity index (χ2n) is 8.60. The minimum Gasteiger partial charge on any atom is -0.329 e. The Morgan fingerprint density at radius 1 is 1.08 bits per heavy atom. The van der Waals surface area contributed by atoms with Gasteiger partial charge in [-0.3, -0.25) is 14.0 Å². The Labute approximate surface area is 218 Å². The Hall–Kier alpha value is -4.24. The molecule has 0 saturated carbocycles. The van der Waals surface area contributed by atoms with Crippen molar-refractivity contribution in [2.24, 2.45) is 5.10 Å².